The Morgan fingerprint density at radius 2 is 2.12 bits per heavy atom. The van der Waals surface area contributed by atoms with Gasteiger partial charge in [-0.3, -0.25) is 4.79 Å². The summed E-state index contributed by atoms with van der Waals surface area (Å²) in [6, 6.07) is 10.6. The minimum absolute atomic E-state index is 0.0389. The molecule has 124 valence electrons. The van der Waals surface area contributed by atoms with E-state index < -0.39 is 0 Å². The Morgan fingerprint density at radius 3 is 2.83 bits per heavy atom. The van der Waals surface area contributed by atoms with Gasteiger partial charge in [-0.25, -0.2) is 0 Å². The minimum Gasteiger partial charge on any atom is -0.467 e. The zero-order valence-corrected chi connectivity index (χ0v) is 15.1. The molecule has 3 aromatic rings. The normalized spacial score (nSPS) is 12.1. The SMILES string of the molecule is C[C@H](Sc1nnc(NCc2ccco2)s1)C(=O)c1ccc(Cl)cc1. The van der Waals surface area contributed by atoms with Crippen LogP contribution in [-0.4, -0.2) is 21.2 Å². The van der Waals surface area contributed by atoms with Crippen LogP contribution in [0.3, 0.4) is 0 Å². The summed E-state index contributed by atoms with van der Waals surface area (Å²) in [4.78, 5) is 12.4. The van der Waals surface area contributed by atoms with E-state index >= 15 is 0 Å². The summed E-state index contributed by atoms with van der Waals surface area (Å²) in [5.74, 6) is 0.864. The third-order valence-corrected chi connectivity index (χ3v) is 5.49. The van der Waals surface area contributed by atoms with Gasteiger partial charge in [0.2, 0.25) is 5.13 Å². The zero-order chi connectivity index (χ0) is 16.9. The Morgan fingerprint density at radius 1 is 1.33 bits per heavy atom. The lowest BCUT2D eigenvalue weighted by atomic mass is 10.1. The van der Waals surface area contributed by atoms with Gasteiger partial charge in [0.1, 0.15) is 5.76 Å². The van der Waals surface area contributed by atoms with Crippen LogP contribution in [0, 0.1) is 0 Å². The van der Waals surface area contributed by atoms with Crippen molar-refractivity contribution in [3.63, 3.8) is 0 Å². The molecule has 0 radical (unpaired) electrons. The molecule has 2 heterocycles. The number of carbonyl (C=O) groups is 1. The van der Waals surface area contributed by atoms with Gasteiger partial charge in [0.25, 0.3) is 0 Å². The van der Waals surface area contributed by atoms with Gasteiger partial charge < -0.3 is 9.73 Å². The van der Waals surface area contributed by atoms with Crippen LogP contribution in [0.15, 0.2) is 51.4 Å². The third kappa shape index (κ3) is 4.37. The summed E-state index contributed by atoms with van der Waals surface area (Å²) in [7, 11) is 0. The van der Waals surface area contributed by atoms with Crippen LogP contribution in [0.5, 0.6) is 0 Å². The number of hydrogen-bond donors (Lipinski definition) is 1. The molecule has 1 atom stereocenters. The molecule has 0 amide bonds. The Hall–Kier alpha value is -1.83. The first-order valence-electron chi connectivity index (χ1n) is 7.18. The van der Waals surface area contributed by atoms with Gasteiger partial charge in [0.15, 0.2) is 10.1 Å². The number of rotatable bonds is 7. The smallest absolute Gasteiger partial charge is 0.206 e. The number of anilines is 1. The van der Waals surface area contributed by atoms with Crippen LogP contribution in [0.25, 0.3) is 0 Å². The summed E-state index contributed by atoms with van der Waals surface area (Å²) in [6.07, 6.45) is 1.63. The fraction of sp³-hybridized carbons (Fsp3) is 0.188. The van der Waals surface area contributed by atoms with E-state index in [1.54, 1.807) is 30.5 Å². The molecule has 0 saturated heterocycles. The lowest BCUT2D eigenvalue weighted by molar-refractivity contribution is 0.0994. The maximum Gasteiger partial charge on any atom is 0.206 e. The van der Waals surface area contributed by atoms with Crippen molar-refractivity contribution in [2.24, 2.45) is 0 Å². The molecule has 0 bridgehead atoms. The second-order valence-electron chi connectivity index (χ2n) is 4.94. The van der Waals surface area contributed by atoms with Crippen molar-refractivity contribution in [3.05, 3.63) is 59.0 Å². The topological polar surface area (TPSA) is 68.0 Å². The number of nitrogens with one attached hydrogen (secondary N) is 1. The van der Waals surface area contributed by atoms with Gasteiger partial charge in [-0.2, -0.15) is 0 Å². The molecular weight excluding hydrogens is 366 g/mol. The van der Waals surface area contributed by atoms with Crippen molar-refractivity contribution in [1.82, 2.24) is 10.2 Å². The molecule has 0 fully saturated rings. The van der Waals surface area contributed by atoms with Crippen molar-refractivity contribution in [2.45, 2.75) is 23.1 Å². The number of thioether (sulfide) groups is 1. The van der Waals surface area contributed by atoms with Crippen molar-refractivity contribution in [1.29, 1.82) is 0 Å². The summed E-state index contributed by atoms with van der Waals surface area (Å²) in [5.41, 5.74) is 0.639. The first-order valence-corrected chi connectivity index (χ1v) is 9.25. The van der Waals surface area contributed by atoms with Gasteiger partial charge in [0.05, 0.1) is 18.1 Å². The highest BCUT2D eigenvalue weighted by molar-refractivity contribution is 8.02. The van der Waals surface area contributed by atoms with E-state index in [4.69, 9.17) is 16.0 Å². The van der Waals surface area contributed by atoms with E-state index in [9.17, 15) is 4.79 Å². The Balaban J connectivity index is 1.57. The lowest BCUT2D eigenvalue weighted by Crippen LogP contribution is -2.13. The van der Waals surface area contributed by atoms with E-state index in [1.165, 1.54) is 23.1 Å². The largest absolute Gasteiger partial charge is 0.467 e. The summed E-state index contributed by atoms with van der Waals surface area (Å²) in [6.45, 7) is 2.41. The molecule has 3 rings (SSSR count). The van der Waals surface area contributed by atoms with Gasteiger partial charge in [-0.1, -0.05) is 34.7 Å². The zero-order valence-electron chi connectivity index (χ0n) is 12.7. The number of furan rings is 1. The van der Waals surface area contributed by atoms with E-state index in [0.29, 0.717) is 22.3 Å². The monoisotopic (exact) mass is 379 g/mol. The minimum atomic E-state index is -0.253. The highest BCUT2D eigenvalue weighted by Crippen LogP contribution is 2.30. The average molecular weight is 380 g/mol. The van der Waals surface area contributed by atoms with E-state index in [1.807, 2.05) is 19.1 Å². The number of hydrogen-bond acceptors (Lipinski definition) is 7. The van der Waals surface area contributed by atoms with Crippen LogP contribution in [0.1, 0.15) is 23.0 Å². The molecule has 1 aromatic carbocycles. The quantitative estimate of drug-likeness (QED) is 0.471. The molecule has 24 heavy (non-hydrogen) atoms. The second-order valence-corrected chi connectivity index (χ2v) is 7.94. The van der Waals surface area contributed by atoms with Crippen molar-refractivity contribution >= 4 is 45.6 Å². The number of Topliss-reactive ketones (excluding diaryl/α,β-unsaturated/α-hetero) is 1. The van der Waals surface area contributed by atoms with E-state index in [0.717, 1.165) is 10.1 Å². The predicted octanol–water partition coefficient (Wildman–Crippen LogP) is 4.76. The van der Waals surface area contributed by atoms with Crippen LogP contribution >= 0.6 is 34.7 Å². The first-order chi connectivity index (χ1) is 11.6. The van der Waals surface area contributed by atoms with Crippen LogP contribution in [-0.2, 0) is 6.54 Å². The number of benzene rings is 1. The van der Waals surface area contributed by atoms with E-state index in [-0.39, 0.29) is 11.0 Å². The Kier molecular flexibility index (Phi) is 5.55. The number of nitrogens with zero attached hydrogens (tertiary/aromatic N) is 2. The van der Waals surface area contributed by atoms with Crippen molar-refractivity contribution < 1.29 is 9.21 Å². The van der Waals surface area contributed by atoms with Crippen molar-refractivity contribution in [3.8, 4) is 0 Å². The number of aromatic nitrogens is 2. The Bertz CT molecular complexity index is 803. The second kappa shape index (κ2) is 7.83. The Labute approximate surface area is 152 Å². The number of carbonyl (C=O) groups excluding carboxylic acids is 1. The lowest BCUT2D eigenvalue weighted by Gasteiger charge is -2.07. The molecule has 0 saturated carbocycles. The highest BCUT2D eigenvalue weighted by Gasteiger charge is 2.18. The molecule has 0 aliphatic heterocycles. The highest BCUT2D eigenvalue weighted by atomic mass is 35.5. The average Bonchev–Trinajstić information content (AvgIpc) is 3.24. The molecule has 1 N–H and O–H groups in total. The van der Waals surface area contributed by atoms with Crippen LogP contribution in [0.2, 0.25) is 5.02 Å². The summed E-state index contributed by atoms with van der Waals surface area (Å²) >= 11 is 8.65. The number of halogens is 1. The van der Waals surface area contributed by atoms with E-state index in [2.05, 4.69) is 15.5 Å². The maximum atomic E-state index is 12.4. The molecule has 0 spiro atoms. The summed E-state index contributed by atoms with van der Waals surface area (Å²) < 4.78 is 5.99. The standard InChI is InChI=1S/C16H14ClN3O2S2/c1-10(14(21)11-4-6-12(17)7-5-11)23-16-20-19-15(24-16)18-9-13-3-2-8-22-13/h2-8,10H,9H2,1H3,(H,18,19)/t10-/m0/s1. The molecule has 0 aliphatic carbocycles. The molecule has 5 nitrogen and oxygen atoms in total. The van der Waals surface area contributed by atoms with Crippen molar-refractivity contribution in [2.75, 3.05) is 5.32 Å². The van der Waals surface area contributed by atoms with Gasteiger partial charge in [-0.05, 0) is 43.3 Å². The fourth-order valence-corrected chi connectivity index (χ4v) is 4.05. The summed E-state index contributed by atoms with van der Waals surface area (Å²) in [5, 5.41) is 12.4. The number of ketones is 1. The maximum absolute atomic E-state index is 12.4. The molecule has 0 unspecified atom stereocenters. The van der Waals surface area contributed by atoms with Gasteiger partial charge >= 0.3 is 0 Å². The molecule has 2 aromatic heterocycles. The molecule has 8 heteroatoms. The molecular formula is C16H14ClN3O2S2. The third-order valence-electron chi connectivity index (χ3n) is 3.18. The first kappa shape index (κ1) is 17.0. The van der Waals surface area contributed by atoms with Crippen LogP contribution in [0.4, 0.5) is 5.13 Å². The van der Waals surface area contributed by atoms with Crippen LogP contribution < -0.4 is 5.32 Å². The van der Waals surface area contributed by atoms with Gasteiger partial charge in [-0.15, -0.1) is 10.2 Å². The molecule has 0 aliphatic rings. The fourth-order valence-electron chi connectivity index (χ4n) is 1.96. The predicted molar refractivity (Wildman–Crippen MR) is 97.0 cm³/mol. The van der Waals surface area contributed by atoms with Gasteiger partial charge in [0, 0.05) is 10.6 Å².